The van der Waals surface area contributed by atoms with Gasteiger partial charge in [-0.25, -0.2) is 9.36 Å². The van der Waals surface area contributed by atoms with Crippen LogP contribution in [0.3, 0.4) is 0 Å². The molecule has 0 bridgehead atoms. The lowest BCUT2D eigenvalue weighted by atomic mass is 10.2. The van der Waals surface area contributed by atoms with Crippen molar-refractivity contribution in [1.82, 2.24) is 19.6 Å². The summed E-state index contributed by atoms with van der Waals surface area (Å²) < 4.78 is 3.79. The van der Waals surface area contributed by atoms with E-state index >= 15 is 0 Å². The van der Waals surface area contributed by atoms with Crippen molar-refractivity contribution in [2.75, 3.05) is 5.32 Å². The van der Waals surface area contributed by atoms with Crippen LogP contribution in [-0.2, 0) is 0 Å². The zero-order chi connectivity index (χ0) is 18.3. The number of aromatic nitrogens is 4. The highest BCUT2D eigenvalue weighted by atomic mass is 16.1. The van der Waals surface area contributed by atoms with E-state index in [2.05, 4.69) is 22.4 Å². The largest absolute Gasteiger partial charge is 0.307 e. The molecule has 0 saturated heterocycles. The van der Waals surface area contributed by atoms with Gasteiger partial charge in [0.15, 0.2) is 0 Å². The first kappa shape index (κ1) is 16.6. The van der Waals surface area contributed by atoms with Crippen molar-refractivity contribution in [1.29, 1.82) is 0 Å². The number of rotatable bonds is 5. The van der Waals surface area contributed by atoms with Crippen molar-refractivity contribution in [3.8, 4) is 5.69 Å². The highest BCUT2D eigenvalue weighted by molar-refractivity contribution is 6.03. The molecule has 3 aromatic rings. The SMILES string of the molecule is Cc1cc(C)n(-c2ccc(C(=O)Nc3ccnn3C(C)C3CC3)cc2)n1. The molecule has 1 unspecified atom stereocenters. The molecule has 26 heavy (non-hydrogen) atoms. The van der Waals surface area contributed by atoms with Gasteiger partial charge in [0.2, 0.25) is 0 Å². The van der Waals surface area contributed by atoms with Gasteiger partial charge in [0.05, 0.1) is 23.6 Å². The fraction of sp³-hybridized carbons (Fsp3) is 0.350. The molecule has 0 spiro atoms. The number of aryl methyl sites for hydroxylation is 2. The second kappa shape index (κ2) is 6.44. The van der Waals surface area contributed by atoms with Crippen LogP contribution in [0.5, 0.6) is 0 Å². The highest BCUT2D eigenvalue weighted by Crippen LogP contribution is 2.40. The van der Waals surface area contributed by atoms with Gasteiger partial charge in [0.1, 0.15) is 5.82 Å². The Labute approximate surface area is 152 Å². The summed E-state index contributed by atoms with van der Waals surface area (Å²) in [5.41, 5.74) is 3.60. The summed E-state index contributed by atoms with van der Waals surface area (Å²) in [6.07, 6.45) is 4.21. The minimum absolute atomic E-state index is 0.130. The van der Waals surface area contributed by atoms with Crippen molar-refractivity contribution < 1.29 is 4.79 Å². The summed E-state index contributed by atoms with van der Waals surface area (Å²) in [5.74, 6) is 1.29. The van der Waals surface area contributed by atoms with E-state index < -0.39 is 0 Å². The maximum atomic E-state index is 12.6. The Morgan fingerprint density at radius 1 is 1.19 bits per heavy atom. The molecule has 2 heterocycles. The predicted molar refractivity (Wildman–Crippen MR) is 101 cm³/mol. The molecular weight excluding hydrogens is 326 g/mol. The third kappa shape index (κ3) is 3.14. The quantitative estimate of drug-likeness (QED) is 0.759. The summed E-state index contributed by atoms with van der Waals surface area (Å²) in [6.45, 7) is 6.14. The summed E-state index contributed by atoms with van der Waals surface area (Å²) >= 11 is 0. The fourth-order valence-electron chi connectivity index (χ4n) is 3.35. The molecule has 0 radical (unpaired) electrons. The Bertz CT molecular complexity index is 934. The number of nitrogens with zero attached hydrogens (tertiary/aromatic N) is 4. The predicted octanol–water partition coefficient (Wildman–Crippen LogP) is 3.91. The number of carbonyl (C=O) groups excluding carboxylic acids is 1. The number of benzene rings is 1. The smallest absolute Gasteiger partial charge is 0.256 e. The first-order chi connectivity index (χ1) is 12.5. The van der Waals surface area contributed by atoms with E-state index in [1.54, 1.807) is 6.20 Å². The minimum atomic E-state index is -0.130. The molecule has 1 aliphatic rings. The van der Waals surface area contributed by atoms with Crippen molar-refractivity contribution >= 4 is 11.7 Å². The second-order valence-electron chi connectivity index (χ2n) is 7.08. The first-order valence-electron chi connectivity index (χ1n) is 9.01. The van der Waals surface area contributed by atoms with E-state index in [0.717, 1.165) is 22.9 Å². The molecule has 134 valence electrons. The number of nitrogens with one attached hydrogen (secondary N) is 1. The van der Waals surface area contributed by atoms with E-state index in [-0.39, 0.29) is 5.91 Å². The van der Waals surface area contributed by atoms with Crippen LogP contribution in [0.25, 0.3) is 5.69 Å². The number of anilines is 1. The molecule has 0 aliphatic heterocycles. The van der Waals surface area contributed by atoms with Crippen molar-refractivity contribution in [2.24, 2.45) is 5.92 Å². The van der Waals surface area contributed by atoms with Crippen LogP contribution in [0.2, 0.25) is 0 Å². The Kier molecular flexibility index (Phi) is 4.11. The van der Waals surface area contributed by atoms with Gasteiger partial charge in [-0.1, -0.05) is 0 Å². The van der Waals surface area contributed by atoms with E-state index in [1.807, 2.05) is 59.6 Å². The molecule has 1 amide bonds. The molecule has 1 aromatic carbocycles. The van der Waals surface area contributed by atoms with Gasteiger partial charge >= 0.3 is 0 Å². The Balaban J connectivity index is 1.51. The normalized spacial score (nSPS) is 15.0. The standard InChI is InChI=1S/C20H23N5O/c1-13-12-14(2)24(23-13)18-8-6-17(7-9-18)20(26)22-19-10-11-21-25(19)15(3)16-4-5-16/h6-12,15-16H,4-5H2,1-3H3,(H,22,26). The van der Waals surface area contributed by atoms with E-state index in [0.29, 0.717) is 17.5 Å². The van der Waals surface area contributed by atoms with Gasteiger partial charge in [0, 0.05) is 17.3 Å². The van der Waals surface area contributed by atoms with Crippen molar-refractivity contribution in [3.05, 3.63) is 59.5 Å². The number of hydrogen-bond acceptors (Lipinski definition) is 3. The lowest BCUT2D eigenvalue weighted by Gasteiger charge is -2.15. The van der Waals surface area contributed by atoms with Gasteiger partial charge < -0.3 is 5.32 Å². The zero-order valence-corrected chi connectivity index (χ0v) is 15.3. The van der Waals surface area contributed by atoms with E-state index in [4.69, 9.17) is 0 Å². The molecule has 4 rings (SSSR count). The molecule has 1 atom stereocenters. The van der Waals surface area contributed by atoms with Gasteiger partial charge in [-0.2, -0.15) is 10.2 Å². The van der Waals surface area contributed by atoms with Crippen LogP contribution in [0.1, 0.15) is 47.6 Å². The van der Waals surface area contributed by atoms with Crippen LogP contribution >= 0.6 is 0 Å². The molecule has 6 heteroatoms. The monoisotopic (exact) mass is 349 g/mol. The van der Waals surface area contributed by atoms with Crippen LogP contribution in [0, 0.1) is 19.8 Å². The Morgan fingerprint density at radius 3 is 2.54 bits per heavy atom. The number of carbonyl (C=O) groups is 1. The summed E-state index contributed by atoms with van der Waals surface area (Å²) in [4.78, 5) is 12.6. The number of hydrogen-bond donors (Lipinski definition) is 1. The van der Waals surface area contributed by atoms with Crippen LogP contribution in [0.15, 0.2) is 42.6 Å². The molecule has 6 nitrogen and oxygen atoms in total. The minimum Gasteiger partial charge on any atom is -0.307 e. The van der Waals surface area contributed by atoms with Crippen LogP contribution in [0.4, 0.5) is 5.82 Å². The van der Waals surface area contributed by atoms with Crippen molar-refractivity contribution in [2.45, 2.75) is 39.7 Å². The molecule has 1 saturated carbocycles. The maximum Gasteiger partial charge on any atom is 0.256 e. The van der Waals surface area contributed by atoms with Crippen LogP contribution < -0.4 is 5.32 Å². The third-order valence-electron chi connectivity index (χ3n) is 4.99. The highest BCUT2D eigenvalue weighted by Gasteiger charge is 2.30. The summed E-state index contributed by atoms with van der Waals surface area (Å²) in [5, 5.41) is 11.8. The molecule has 1 aliphatic carbocycles. The van der Waals surface area contributed by atoms with E-state index in [9.17, 15) is 4.79 Å². The molecule has 2 aromatic heterocycles. The first-order valence-corrected chi connectivity index (χ1v) is 9.01. The van der Waals surface area contributed by atoms with E-state index in [1.165, 1.54) is 12.8 Å². The Morgan fingerprint density at radius 2 is 1.92 bits per heavy atom. The maximum absolute atomic E-state index is 12.6. The molecule has 1 fully saturated rings. The third-order valence-corrected chi connectivity index (χ3v) is 4.99. The van der Waals surface area contributed by atoms with Gasteiger partial charge in [0.25, 0.3) is 5.91 Å². The number of amides is 1. The van der Waals surface area contributed by atoms with Gasteiger partial charge in [-0.15, -0.1) is 0 Å². The Hall–Kier alpha value is -2.89. The summed E-state index contributed by atoms with van der Waals surface area (Å²) in [7, 11) is 0. The van der Waals surface area contributed by atoms with Crippen LogP contribution in [-0.4, -0.2) is 25.5 Å². The molecular formula is C20H23N5O. The van der Waals surface area contributed by atoms with Gasteiger partial charge in [-0.05, 0) is 69.9 Å². The average Bonchev–Trinajstić information content (AvgIpc) is 3.29. The molecule has 1 N–H and O–H groups in total. The van der Waals surface area contributed by atoms with Crippen molar-refractivity contribution in [3.63, 3.8) is 0 Å². The fourth-order valence-corrected chi connectivity index (χ4v) is 3.35. The lowest BCUT2D eigenvalue weighted by molar-refractivity contribution is 0.102. The van der Waals surface area contributed by atoms with Gasteiger partial charge in [-0.3, -0.25) is 4.79 Å². The average molecular weight is 349 g/mol. The topological polar surface area (TPSA) is 64.7 Å². The zero-order valence-electron chi connectivity index (χ0n) is 15.3. The summed E-state index contributed by atoms with van der Waals surface area (Å²) in [6, 6.07) is 11.7. The lowest BCUT2D eigenvalue weighted by Crippen LogP contribution is -2.18. The second-order valence-corrected chi connectivity index (χ2v) is 7.08.